The number of fused-ring (bicyclic) bond motifs is 9. The van der Waals surface area contributed by atoms with Crippen LogP contribution in [0, 0.1) is 56.7 Å². The Morgan fingerprint density at radius 3 is 2.38 bits per heavy atom. The Labute approximate surface area is 223 Å². The summed E-state index contributed by atoms with van der Waals surface area (Å²) in [4.78, 5) is 27.3. The Hall–Kier alpha value is -1.20. The number of allylic oxidation sites excluding steroid dienone is 2. The van der Waals surface area contributed by atoms with Gasteiger partial charge in [-0.05, 0) is 96.9 Å². The van der Waals surface area contributed by atoms with E-state index in [9.17, 15) is 14.7 Å². The first-order valence-electron chi connectivity index (χ1n) is 14.9. The summed E-state index contributed by atoms with van der Waals surface area (Å²) in [6, 6.07) is 0. The van der Waals surface area contributed by atoms with Crippen molar-refractivity contribution in [2.45, 2.75) is 105 Å². The lowest BCUT2D eigenvalue weighted by molar-refractivity contribution is -0.279. The average Bonchev–Trinajstić information content (AvgIpc) is 3.13. The number of methoxy groups -OCH3 is 1. The minimum absolute atomic E-state index is 0.0119. The Bertz CT molecular complexity index is 1060. The minimum Gasteiger partial charge on any atom is -0.469 e. The molecular weight excluding hydrogens is 464 g/mol. The van der Waals surface area contributed by atoms with Crippen molar-refractivity contribution < 1.29 is 24.2 Å². The van der Waals surface area contributed by atoms with E-state index >= 15 is 0 Å². The van der Waals surface area contributed by atoms with Crippen molar-refractivity contribution in [3.8, 4) is 0 Å². The van der Waals surface area contributed by atoms with Crippen LogP contribution in [0.25, 0.3) is 0 Å². The number of aliphatic hydroxyl groups is 1. The number of hydrogen-bond donors (Lipinski definition) is 1. The fourth-order valence-electron chi connectivity index (χ4n) is 11.6. The van der Waals surface area contributed by atoms with Gasteiger partial charge < -0.3 is 14.6 Å². The van der Waals surface area contributed by atoms with Gasteiger partial charge in [-0.15, -0.1) is 0 Å². The van der Waals surface area contributed by atoms with Crippen molar-refractivity contribution in [3.05, 3.63) is 11.6 Å². The molecule has 206 valence electrons. The fraction of sp³-hybridized carbons (Fsp3) is 0.875. The van der Waals surface area contributed by atoms with E-state index in [2.05, 4.69) is 47.6 Å². The molecule has 5 fully saturated rings. The van der Waals surface area contributed by atoms with Crippen LogP contribution in [0.5, 0.6) is 0 Å². The van der Waals surface area contributed by atoms with Crippen LogP contribution in [-0.4, -0.2) is 36.4 Å². The van der Waals surface area contributed by atoms with Gasteiger partial charge in [-0.1, -0.05) is 47.1 Å². The zero-order valence-corrected chi connectivity index (χ0v) is 24.1. The molecule has 0 amide bonds. The fourth-order valence-corrected chi connectivity index (χ4v) is 11.6. The normalized spacial score (nSPS) is 54.1. The summed E-state index contributed by atoms with van der Waals surface area (Å²) in [7, 11) is 1.51. The molecule has 5 heteroatoms. The molecule has 6 aliphatic rings. The second-order valence-electron chi connectivity index (χ2n) is 15.6. The molecule has 0 bridgehead atoms. The van der Waals surface area contributed by atoms with Gasteiger partial charge in [0.15, 0.2) is 11.6 Å². The molecule has 1 aliphatic heterocycles. The number of hydrogen-bond acceptors (Lipinski definition) is 5. The summed E-state index contributed by atoms with van der Waals surface area (Å²) in [6.07, 6.45) is 10.4. The van der Waals surface area contributed by atoms with Crippen molar-refractivity contribution in [3.63, 3.8) is 0 Å². The van der Waals surface area contributed by atoms with E-state index in [1.54, 1.807) is 0 Å². The lowest BCUT2D eigenvalue weighted by Gasteiger charge is -2.69. The summed E-state index contributed by atoms with van der Waals surface area (Å²) >= 11 is 0. The lowest BCUT2D eigenvalue weighted by atomic mass is 9.34. The van der Waals surface area contributed by atoms with Gasteiger partial charge in [-0.2, -0.15) is 0 Å². The largest absolute Gasteiger partial charge is 0.469 e. The number of carbonyl (C=O) groups excluding carboxylic acids is 2. The molecule has 1 saturated heterocycles. The number of ether oxygens (including phenoxy) is 2. The van der Waals surface area contributed by atoms with Crippen LogP contribution in [-0.2, 0) is 19.1 Å². The highest BCUT2D eigenvalue weighted by molar-refractivity contribution is 5.95. The standard InChI is InChI=1S/C32H48O5/c1-27(2)17-20-19(21(18-27)26(34)36-7)8-10-31(6)25(20)22(33)16-24-28(3)12-13-32(35)30(5,14-15-37-32)23(28)9-11-29(24,31)4/h16,19-21,23,25,35H,8-15,17-18H2,1-7H3/t19?,20-,21-,23-,25+,28+,29-,30+,31-,32-/m1/s1. The van der Waals surface area contributed by atoms with E-state index in [0.717, 1.165) is 51.4 Å². The predicted octanol–water partition coefficient (Wildman–Crippen LogP) is 6.09. The van der Waals surface area contributed by atoms with Crippen molar-refractivity contribution in [2.75, 3.05) is 13.7 Å². The minimum atomic E-state index is -1.04. The molecule has 0 spiro atoms. The van der Waals surface area contributed by atoms with Crippen LogP contribution in [0.1, 0.15) is 99.3 Å². The lowest BCUT2D eigenvalue weighted by Crippen LogP contribution is -2.66. The number of carbonyl (C=O) groups is 2. The van der Waals surface area contributed by atoms with E-state index in [1.165, 1.54) is 12.7 Å². The smallest absolute Gasteiger partial charge is 0.308 e. The summed E-state index contributed by atoms with van der Waals surface area (Å²) in [6.45, 7) is 14.7. The molecule has 0 aromatic heterocycles. The maximum absolute atomic E-state index is 14.4. The van der Waals surface area contributed by atoms with Gasteiger partial charge in [0.1, 0.15) is 0 Å². The first-order valence-corrected chi connectivity index (χ1v) is 14.9. The zero-order chi connectivity index (χ0) is 26.8. The first kappa shape index (κ1) is 26.0. The number of esters is 1. The molecule has 0 radical (unpaired) electrons. The maximum atomic E-state index is 14.4. The van der Waals surface area contributed by atoms with E-state index < -0.39 is 5.79 Å². The van der Waals surface area contributed by atoms with Gasteiger partial charge in [-0.25, -0.2) is 0 Å². The number of ketones is 1. The highest BCUT2D eigenvalue weighted by atomic mass is 16.6. The van der Waals surface area contributed by atoms with Crippen LogP contribution in [0.2, 0.25) is 0 Å². The quantitative estimate of drug-likeness (QED) is 0.431. The highest BCUT2D eigenvalue weighted by Gasteiger charge is 2.72. The first-order chi connectivity index (χ1) is 17.2. The van der Waals surface area contributed by atoms with E-state index in [1.807, 2.05) is 0 Å². The second-order valence-corrected chi connectivity index (χ2v) is 15.6. The zero-order valence-electron chi connectivity index (χ0n) is 24.1. The maximum Gasteiger partial charge on any atom is 0.308 e. The molecule has 37 heavy (non-hydrogen) atoms. The molecule has 5 aliphatic carbocycles. The van der Waals surface area contributed by atoms with Crippen molar-refractivity contribution in [1.29, 1.82) is 0 Å². The van der Waals surface area contributed by atoms with Gasteiger partial charge in [0, 0.05) is 17.8 Å². The molecule has 4 saturated carbocycles. The van der Waals surface area contributed by atoms with Crippen LogP contribution >= 0.6 is 0 Å². The second kappa shape index (κ2) is 7.71. The van der Waals surface area contributed by atoms with Crippen LogP contribution in [0.3, 0.4) is 0 Å². The predicted molar refractivity (Wildman–Crippen MR) is 141 cm³/mol. The number of rotatable bonds is 1. The monoisotopic (exact) mass is 512 g/mol. The van der Waals surface area contributed by atoms with Gasteiger partial charge >= 0.3 is 5.97 Å². The van der Waals surface area contributed by atoms with Crippen molar-refractivity contribution >= 4 is 11.8 Å². The van der Waals surface area contributed by atoms with Crippen molar-refractivity contribution in [2.24, 2.45) is 56.7 Å². The van der Waals surface area contributed by atoms with E-state index in [0.29, 0.717) is 24.7 Å². The molecule has 1 unspecified atom stereocenters. The van der Waals surface area contributed by atoms with E-state index in [-0.39, 0.29) is 56.7 Å². The van der Waals surface area contributed by atoms with Gasteiger partial charge in [-0.3, -0.25) is 9.59 Å². The van der Waals surface area contributed by atoms with Gasteiger partial charge in [0.2, 0.25) is 0 Å². The molecule has 1 N–H and O–H groups in total. The highest BCUT2D eigenvalue weighted by Crippen LogP contribution is 2.75. The summed E-state index contributed by atoms with van der Waals surface area (Å²) in [5, 5.41) is 11.5. The molecule has 1 heterocycles. The van der Waals surface area contributed by atoms with Gasteiger partial charge in [0.05, 0.1) is 19.6 Å². The van der Waals surface area contributed by atoms with Crippen molar-refractivity contribution in [1.82, 2.24) is 0 Å². The Balaban J connectivity index is 1.44. The average molecular weight is 513 g/mol. The molecule has 5 nitrogen and oxygen atoms in total. The summed E-state index contributed by atoms with van der Waals surface area (Å²) in [5.74, 6) is -0.233. The molecular formula is C32H48O5. The Kier molecular flexibility index (Phi) is 5.43. The van der Waals surface area contributed by atoms with E-state index in [4.69, 9.17) is 9.47 Å². The third-order valence-electron chi connectivity index (χ3n) is 13.6. The Morgan fingerprint density at radius 1 is 0.946 bits per heavy atom. The summed E-state index contributed by atoms with van der Waals surface area (Å²) in [5.41, 5.74) is 0.795. The molecule has 10 atom stereocenters. The third-order valence-corrected chi connectivity index (χ3v) is 13.6. The van der Waals surface area contributed by atoms with Gasteiger partial charge in [0.25, 0.3) is 0 Å². The topological polar surface area (TPSA) is 72.8 Å². The van der Waals surface area contributed by atoms with Crippen LogP contribution in [0.4, 0.5) is 0 Å². The molecule has 6 rings (SSSR count). The SMILES string of the molecule is COC(=O)[C@@H]1CC(C)(C)C[C@@H]2C1CC[C@]1(C)[C@@H]2C(=O)C=C2[C@@]3(C)CC[C@@]4(O)OCC[C@@]4(C)[C@@H]3CC[C@]21C. The third kappa shape index (κ3) is 3.11. The van der Waals surface area contributed by atoms with Crippen LogP contribution < -0.4 is 0 Å². The Morgan fingerprint density at radius 2 is 1.68 bits per heavy atom. The van der Waals surface area contributed by atoms with Crippen LogP contribution in [0.15, 0.2) is 11.6 Å². The molecule has 0 aromatic rings. The summed E-state index contributed by atoms with van der Waals surface area (Å²) < 4.78 is 11.3. The molecule has 0 aromatic carbocycles.